The number of halogens is 2. The van der Waals surface area contributed by atoms with Gasteiger partial charge < -0.3 is 14.7 Å². The molecule has 0 aliphatic carbocycles. The van der Waals surface area contributed by atoms with Crippen LogP contribution in [0.15, 0.2) is 22.7 Å². The smallest absolute Gasteiger partial charge is 0.257 e. The molecule has 1 aromatic heterocycles. The van der Waals surface area contributed by atoms with Gasteiger partial charge in [-0.2, -0.15) is 0 Å². The molecule has 6 nitrogen and oxygen atoms in total. The van der Waals surface area contributed by atoms with Gasteiger partial charge in [-0.05, 0) is 19.1 Å². The van der Waals surface area contributed by atoms with Gasteiger partial charge in [-0.3, -0.25) is 9.59 Å². The number of aromatic nitrogens is 1. The molecule has 2 aromatic rings. The van der Waals surface area contributed by atoms with E-state index in [1.807, 2.05) is 0 Å². The first-order valence-corrected chi connectivity index (χ1v) is 7.09. The lowest BCUT2D eigenvalue weighted by Gasteiger charge is -2.11. The molecule has 0 unspecified atom stereocenters. The van der Waals surface area contributed by atoms with E-state index in [-0.39, 0.29) is 40.1 Å². The van der Waals surface area contributed by atoms with Crippen LogP contribution >= 0.6 is 11.6 Å². The average molecular weight is 340 g/mol. The number of hydrogen-bond donors (Lipinski definition) is 1. The molecule has 0 spiro atoms. The summed E-state index contributed by atoms with van der Waals surface area (Å²) in [5.41, 5.74) is 0.0269. The summed E-state index contributed by atoms with van der Waals surface area (Å²) in [6, 6.07) is 4.15. The lowest BCUT2D eigenvalue weighted by Crippen LogP contribution is -2.36. The molecule has 8 heteroatoms. The lowest BCUT2D eigenvalue weighted by molar-refractivity contribution is -0.127. The summed E-state index contributed by atoms with van der Waals surface area (Å²) in [5.74, 6) is -1.29. The first-order valence-electron chi connectivity index (χ1n) is 6.72. The van der Waals surface area contributed by atoms with E-state index in [2.05, 4.69) is 10.5 Å². The molecule has 0 aliphatic rings. The Hall–Kier alpha value is -2.41. The summed E-state index contributed by atoms with van der Waals surface area (Å²) in [7, 11) is 3.15. The molecule has 122 valence electrons. The molecule has 1 heterocycles. The van der Waals surface area contributed by atoms with Crippen LogP contribution in [0.25, 0.3) is 11.3 Å². The maximum atomic E-state index is 14.1. The summed E-state index contributed by atoms with van der Waals surface area (Å²) in [6.07, 6.45) is 0. The predicted molar refractivity (Wildman–Crippen MR) is 82.7 cm³/mol. The van der Waals surface area contributed by atoms with Crippen molar-refractivity contribution in [3.05, 3.63) is 40.4 Å². The van der Waals surface area contributed by atoms with Gasteiger partial charge in [0.15, 0.2) is 0 Å². The molecule has 0 saturated heterocycles. The second-order valence-corrected chi connectivity index (χ2v) is 5.44. The number of aryl methyl sites for hydroxylation is 1. The summed E-state index contributed by atoms with van der Waals surface area (Å²) >= 11 is 6.00. The third-order valence-corrected chi connectivity index (χ3v) is 3.50. The first-order chi connectivity index (χ1) is 10.8. The zero-order chi connectivity index (χ0) is 17.1. The van der Waals surface area contributed by atoms with Gasteiger partial charge in [0.2, 0.25) is 5.91 Å². The van der Waals surface area contributed by atoms with E-state index in [1.54, 1.807) is 14.1 Å². The topological polar surface area (TPSA) is 75.4 Å². The molecule has 2 amide bonds. The highest BCUT2D eigenvalue weighted by Crippen LogP contribution is 2.33. The number of hydrogen-bond acceptors (Lipinski definition) is 4. The summed E-state index contributed by atoms with van der Waals surface area (Å²) < 4.78 is 19.1. The lowest BCUT2D eigenvalue weighted by atomic mass is 10.0. The Morgan fingerprint density at radius 1 is 1.39 bits per heavy atom. The minimum Gasteiger partial charge on any atom is -0.360 e. The summed E-state index contributed by atoms with van der Waals surface area (Å²) in [6.45, 7) is 1.33. The van der Waals surface area contributed by atoms with Crippen LogP contribution in [0, 0.1) is 12.7 Å². The standard InChI is InChI=1S/C15H15ClFN3O3/c1-8-12(15(22)18-7-11(21)20(2)3)14(19-23-8)13-9(16)5-4-6-10(13)17/h4-6H,7H2,1-3H3,(H,18,22). The third kappa shape index (κ3) is 3.50. The predicted octanol–water partition coefficient (Wildman–Crippen LogP) is 2.26. The normalized spacial score (nSPS) is 10.5. The minimum absolute atomic E-state index is 0.000372. The van der Waals surface area contributed by atoms with Crippen LogP contribution in [0.1, 0.15) is 16.1 Å². The third-order valence-electron chi connectivity index (χ3n) is 3.19. The Morgan fingerprint density at radius 2 is 2.09 bits per heavy atom. The van der Waals surface area contributed by atoms with Crippen molar-refractivity contribution in [1.29, 1.82) is 0 Å². The fraction of sp³-hybridized carbons (Fsp3) is 0.267. The number of carbonyl (C=O) groups is 2. The molecule has 0 atom stereocenters. The summed E-state index contributed by atoms with van der Waals surface area (Å²) in [4.78, 5) is 25.2. The molecule has 0 fully saturated rings. The molecular formula is C15H15ClFN3O3. The Bertz CT molecular complexity index is 738. The van der Waals surface area contributed by atoms with Crippen molar-refractivity contribution >= 4 is 23.4 Å². The van der Waals surface area contributed by atoms with Crippen molar-refractivity contribution in [1.82, 2.24) is 15.4 Å². The van der Waals surface area contributed by atoms with Crippen molar-refractivity contribution in [3.63, 3.8) is 0 Å². The zero-order valence-electron chi connectivity index (χ0n) is 12.8. The monoisotopic (exact) mass is 339 g/mol. The number of rotatable bonds is 4. The van der Waals surface area contributed by atoms with Gasteiger partial charge >= 0.3 is 0 Å². The Kier molecular flexibility index (Phi) is 5.00. The fourth-order valence-corrected chi connectivity index (χ4v) is 2.19. The maximum absolute atomic E-state index is 14.1. The number of carbonyl (C=O) groups excluding carboxylic acids is 2. The van der Waals surface area contributed by atoms with E-state index in [0.717, 1.165) is 0 Å². The number of nitrogens with zero attached hydrogens (tertiary/aromatic N) is 2. The fourth-order valence-electron chi connectivity index (χ4n) is 1.94. The molecular weight excluding hydrogens is 325 g/mol. The van der Waals surface area contributed by atoms with Gasteiger partial charge in [-0.15, -0.1) is 0 Å². The van der Waals surface area contributed by atoms with Gasteiger partial charge in [0, 0.05) is 14.1 Å². The SMILES string of the molecule is Cc1onc(-c2c(F)cccc2Cl)c1C(=O)NCC(=O)N(C)C. The number of likely N-dealkylation sites (N-methyl/N-ethyl adjacent to an activating group) is 1. The van der Waals surface area contributed by atoms with Crippen molar-refractivity contribution in [2.24, 2.45) is 0 Å². The highest BCUT2D eigenvalue weighted by atomic mass is 35.5. The van der Waals surface area contributed by atoms with E-state index in [9.17, 15) is 14.0 Å². The van der Waals surface area contributed by atoms with Gasteiger partial charge in [-0.25, -0.2) is 4.39 Å². The van der Waals surface area contributed by atoms with Crippen LogP contribution in [-0.2, 0) is 4.79 Å². The second-order valence-electron chi connectivity index (χ2n) is 5.03. The number of amides is 2. The molecule has 0 bridgehead atoms. The molecule has 0 aliphatic heterocycles. The molecule has 2 rings (SSSR count). The van der Waals surface area contributed by atoms with Gasteiger partial charge in [-0.1, -0.05) is 22.8 Å². The van der Waals surface area contributed by atoms with Crippen molar-refractivity contribution in [2.45, 2.75) is 6.92 Å². The average Bonchev–Trinajstić information content (AvgIpc) is 2.85. The highest BCUT2D eigenvalue weighted by Gasteiger charge is 2.25. The molecule has 23 heavy (non-hydrogen) atoms. The molecule has 1 aromatic carbocycles. The number of nitrogens with one attached hydrogen (secondary N) is 1. The zero-order valence-corrected chi connectivity index (χ0v) is 13.6. The van der Waals surface area contributed by atoms with Crippen molar-refractivity contribution in [3.8, 4) is 11.3 Å². The van der Waals surface area contributed by atoms with Gasteiger partial charge in [0.1, 0.15) is 22.8 Å². The minimum atomic E-state index is -0.621. The Balaban J connectivity index is 2.36. The van der Waals surface area contributed by atoms with Gasteiger partial charge in [0.05, 0.1) is 17.1 Å². The van der Waals surface area contributed by atoms with Crippen molar-refractivity contribution < 1.29 is 18.5 Å². The van der Waals surface area contributed by atoms with E-state index in [1.165, 1.54) is 30.0 Å². The maximum Gasteiger partial charge on any atom is 0.257 e. The summed E-state index contributed by atoms with van der Waals surface area (Å²) in [5, 5.41) is 6.30. The second kappa shape index (κ2) is 6.78. The Labute approximate surface area is 137 Å². The Morgan fingerprint density at radius 3 is 2.70 bits per heavy atom. The largest absolute Gasteiger partial charge is 0.360 e. The molecule has 0 radical (unpaired) electrons. The van der Waals surface area contributed by atoms with Crippen LogP contribution in [0.4, 0.5) is 4.39 Å². The molecule has 1 N–H and O–H groups in total. The highest BCUT2D eigenvalue weighted by molar-refractivity contribution is 6.33. The van der Waals surface area contributed by atoms with E-state index in [4.69, 9.17) is 16.1 Å². The quantitative estimate of drug-likeness (QED) is 0.927. The molecule has 0 saturated carbocycles. The van der Waals surface area contributed by atoms with Crippen LogP contribution in [0.3, 0.4) is 0 Å². The van der Waals surface area contributed by atoms with E-state index >= 15 is 0 Å². The number of benzene rings is 1. The van der Waals surface area contributed by atoms with Crippen LogP contribution < -0.4 is 5.32 Å². The van der Waals surface area contributed by atoms with Crippen molar-refractivity contribution in [2.75, 3.05) is 20.6 Å². The van der Waals surface area contributed by atoms with Crippen LogP contribution in [0.2, 0.25) is 5.02 Å². The van der Waals surface area contributed by atoms with E-state index < -0.39 is 11.7 Å². The van der Waals surface area contributed by atoms with Gasteiger partial charge in [0.25, 0.3) is 5.91 Å². The van der Waals surface area contributed by atoms with Crippen LogP contribution in [0.5, 0.6) is 0 Å². The van der Waals surface area contributed by atoms with E-state index in [0.29, 0.717) is 0 Å². The first kappa shape index (κ1) is 17.0. The van der Waals surface area contributed by atoms with Crippen LogP contribution in [-0.4, -0.2) is 42.5 Å².